The first-order valence-electron chi connectivity index (χ1n) is 17.9. The zero-order valence-electron chi connectivity index (χ0n) is 33.8. The second-order valence-corrected chi connectivity index (χ2v) is 25.3. The molecule has 0 bridgehead atoms. The maximum absolute atomic E-state index is 11.3. The van der Waals surface area contributed by atoms with Gasteiger partial charge < -0.3 is 0 Å². The minimum absolute atomic E-state index is 0. The van der Waals surface area contributed by atoms with Crippen LogP contribution in [0.4, 0.5) is 50.4 Å². The van der Waals surface area contributed by atoms with Crippen molar-refractivity contribution in [3.05, 3.63) is 182 Å². The predicted molar refractivity (Wildman–Crippen MR) is 260 cm³/mol. The fraction of sp³-hybridized carbons (Fsp3) is 0.0769. The maximum Gasteiger partial charge on any atom is 0.486 e. The molecule has 0 aromatic heterocycles. The smallest absolute Gasteiger partial charge is 0.0620 e. The fourth-order valence-corrected chi connectivity index (χ4v) is 11.5. The SMILES string of the molecule is CN([PH+](F)F)[PH+](F)F.CN([PH+](F)F)[PH+](F)F.CN([PH+](F)F)[PH+](F)F.[Ni].[Ni].c1ccc([PH+](c2ccccc2)c2ccccc2)cc1.c1ccc([PH+](c2ccccc2)c2ccccc2)cc1. The van der Waals surface area contributed by atoms with E-state index in [9.17, 15) is 50.4 Å². The summed E-state index contributed by atoms with van der Waals surface area (Å²) in [4.78, 5) is 0. The molecular weight excluding hydrogens is 1100 g/mol. The van der Waals surface area contributed by atoms with Gasteiger partial charge in [0, 0.05) is 33.0 Å². The third kappa shape index (κ3) is 24.2. The van der Waals surface area contributed by atoms with Gasteiger partial charge in [0.1, 0.15) is 31.8 Å². The second kappa shape index (κ2) is 35.9. The average molecular weight is 1150 g/mol. The van der Waals surface area contributed by atoms with E-state index < -0.39 is 68.0 Å². The number of benzene rings is 6. The van der Waals surface area contributed by atoms with E-state index in [1.807, 2.05) is 0 Å². The quantitative estimate of drug-likeness (QED) is 0.0687. The van der Waals surface area contributed by atoms with Crippen LogP contribution in [0.25, 0.3) is 0 Å². The first-order valence-corrected chi connectivity index (χ1v) is 28.1. The number of nitrogens with zero attached hydrogens (tertiary/aromatic N) is 3. The summed E-state index contributed by atoms with van der Waals surface area (Å²) in [5.74, 6) is 0. The van der Waals surface area contributed by atoms with E-state index in [1.165, 1.54) is 31.8 Å². The molecule has 0 atom stereocenters. The fourth-order valence-electron chi connectivity index (χ4n) is 4.82. The minimum atomic E-state index is -3.88. The van der Waals surface area contributed by atoms with Crippen LogP contribution in [-0.2, 0) is 33.0 Å². The first kappa shape index (κ1) is 62.8. The van der Waals surface area contributed by atoms with Gasteiger partial charge in [-0.25, -0.2) is 0 Å². The number of rotatable bonds is 12. The van der Waals surface area contributed by atoms with E-state index in [0.717, 1.165) is 21.1 Å². The van der Waals surface area contributed by atoms with Crippen molar-refractivity contribution in [2.45, 2.75) is 0 Å². The molecule has 0 fully saturated rings. The van der Waals surface area contributed by atoms with Crippen LogP contribution < -0.4 is 31.8 Å². The van der Waals surface area contributed by atoms with Crippen LogP contribution in [0.1, 0.15) is 0 Å². The van der Waals surface area contributed by atoms with Gasteiger partial charge in [-0.05, 0) is 123 Å². The van der Waals surface area contributed by atoms with Crippen molar-refractivity contribution >= 4 is 99.8 Å². The third-order valence-corrected chi connectivity index (χ3v) is 19.4. The van der Waals surface area contributed by atoms with Gasteiger partial charge in [-0.15, -0.1) is 0 Å². The molecule has 0 N–H and O–H groups in total. The summed E-state index contributed by atoms with van der Waals surface area (Å²) in [6, 6.07) is 65.0. The number of halogens is 12. The Bertz CT molecular complexity index is 1640. The maximum atomic E-state index is 11.3. The minimum Gasteiger partial charge on any atom is -0.0620 e. The summed E-state index contributed by atoms with van der Waals surface area (Å²) in [5.41, 5.74) is 0. The molecule has 0 unspecified atom stereocenters. The molecule has 354 valence electrons. The molecule has 0 spiro atoms. The van der Waals surface area contributed by atoms with Crippen LogP contribution >= 0.6 is 68.0 Å². The standard InChI is InChI=1S/2C18H15P.3CH3F4NP2.2Ni/c2*1-4-10-16(11-5-1)19(17-12-6-2-7-13-17)18-14-8-3-9-15-18;3*1-6(7(2)3)8(4)5;;/h2*1-15H;3*1H3;;/p+8. The largest absolute Gasteiger partial charge is 0.486 e. The van der Waals surface area contributed by atoms with Gasteiger partial charge in [-0.1, -0.05) is 109 Å². The summed E-state index contributed by atoms with van der Waals surface area (Å²) < 4.78 is 135. The summed E-state index contributed by atoms with van der Waals surface area (Å²) in [7, 11) is -22.8. The molecule has 0 saturated carbocycles. The van der Waals surface area contributed by atoms with Gasteiger partial charge in [-0.3, -0.25) is 0 Å². The van der Waals surface area contributed by atoms with Crippen molar-refractivity contribution in [1.29, 1.82) is 0 Å². The Morgan fingerprint density at radius 2 is 0.344 bits per heavy atom. The molecule has 6 aromatic carbocycles. The molecule has 25 heteroatoms. The van der Waals surface area contributed by atoms with Gasteiger partial charge in [0.15, 0.2) is 0 Å². The van der Waals surface area contributed by atoms with Gasteiger partial charge in [0.05, 0.1) is 50.3 Å². The Hall–Kier alpha value is -1.21. The third-order valence-electron chi connectivity index (χ3n) is 7.90. The van der Waals surface area contributed by atoms with E-state index in [1.54, 1.807) is 0 Å². The van der Waals surface area contributed by atoms with E-state index in [2.05, 4.69) is 182 Å². The molecule has 64 heavy (non-hydrogen) atoms. The molecule has 0 aliphatic carbocycles. The molecule has 0 aliphatic heterocycles. The van der Waals surface area contributed by atoms with Gasteiger partial charge in [0.2, 0.25) is 0 Å². The molecule has 0 amide bonds. The second-order valence-electron chi connectivity index (χ2n) is 12.1. The van der Waals surface area contributed by atoms with Crippen molar-refractivity contribution in [3.63, 3.8) is 0 Å². The van der Waals surface area contributed by atoms with Crippen molar-refractivity contribution < 1.29 is 83.3 Å². The zero-order valence-corrected chi connectivity index (χ0v) is 43.8. The topological polar surface area (TPSA) is 9.72 Å². The first-order chi connectivity index (χ1) is 29.6. The van der Waals surface area contributed by atoms with E-state index in [-0.39, 0.29) is 46.3 Å². The summed E-state index contributed by atoms with van der Waals surface area (Å²) in [5, 5.41) is 8.61. The Morgan fingerprint density at radius 3 is 0.422 bits per heavy atom. The summed E-state index contributed by atoms with van der Waals surface area (Å²) >= 11 is 0. The Labute approximate surface area is 397 Å². The van der Waals surface area contributed by atoms with Gasteiger partial charge >= 0.3 is 52.2 Å². The predicted octanol–water partition coefficient (Wildman–Crippen LogP) is 14.5. The molecule has 0 aliphatic rings. The molecule has 3 nitrogen and oxygen atoms in total. The molecule has 0 heterocycles. The molecular formula is C39H47F12N3Ni2P8+8. The van der Waals surface area contributed by atoms with Crippen LogP contribution in [0, 0.1) is 0 Å². The number of hydrogen-bond donors (Lipinski definition) is 0. The Balaban J connectivity index is 0.000000824. The van der Waals surface area contributed by atoms with Crippen molar-refractivity contribution in [2.75, 3.05) is 21.1 Å². The molecule has 6 rings (SSSR count). The van der Waals surface area contributed by atoms with Crippen molar-refractivity contribution in [2.24, 2.45) is 0 Å². The van der Waals surface area contributed by atoms with Crippen LogP contribution in [0.2, 0.25) is 0 Å². The van der Waals surface area contributed by atoms with Crippen LogP contribution in [0.3, 0.4) is 0 Å². The normalized spacial score (nSPS) is 10.8. The molecule has 0 radical (unpaired) electrons. The number of hydrogen-bond acceptors (Lipinski definition) is 3. The van der Waals surface area contributed by atoms with E-state index in [4.69, 9.17) is 0 Å². The average Bonchev–Trinajstić information content (AvgIpc) is 3.28. The zero-order chi connectivity index (χ0) is 46.0. The van der Waals surface area contributed by atoms with E-state index in [0.29, 0.717) is 0 Å². The summed E-state index contributed by atoms with van der Waals surface area (Å²) in [6.07, 6.45) is 0. The van der Waals surface area contributed by atoms with Crippen LogP contribution in [0.5, 0.6) is 0 Å². The van der Waals surface area contributed by atoms with Crippen LogP contribution in [-0.4, -0.2) is 34.5 Å². The van der Waals surface area contributed by atoms with Crippen LogP contribution in [0.15, 0.2) is 182 Å². The van der Waals surface area contributed by atoms with Crippen molar-refractivity contribution in [1.82, 2.24) is 13.3 Å². The molecule has 6 aromatic rings. The molecule has 0 saturated heterocycles. The Kier molecular flexibility index (Phi) is 35.2. The van der Waals surface area contributed by atoms with E-state index >= 15 is 0 Å². The van der Waals surface area contributed by atoms with Gasteiger partial charge in [0.25, 0.3) is 0 Å². The Morgan fingerprint density at radius 1 is 0.234 bits per heavy atom. The van der Waals surface area contributed by atoms with Crippen molar-refractivity contribution in [3.8, 4) is 0 Å². The monoisotopic (exact) mass is 1150 g/mol. The van der Waals surface area contributed by atoms with Gasteiger partial charge in [-0.2, -0.15) is 0 Å². The summed E-state index contributed by atoms with van der Waals surface area (Å²) in [6.45, 7) is 0.